The van der Waals surface area contributed by atoms with Crippen LogP contribution in [0.15, 0.2) is 12.2 Å². The minimum absolute atomic E-state index is 0.155. The Kier molecular flexibility index (Phi) is 6.56. The molecular formula is C14H24N2O3. The van der Waals surface area contributed by atoms with Gasteiger partial charge in [-0.2, -0.15) is 0 Å². The summed E-state index contributed by atoms with van der Waals surface area (Å²) in [6.07, 6.45) is 6.47. The third-order valence-corrected chi connectivity index (χ3v) is 3.36. The molecular weight excluding hydrogens is 244 g/mol. The average Bonchev–Trinajstić information content (AvgIpc) is 2.45. The first-order valence-corrected chi connectivity index (χ1v) is 6.98. The van der Waals surface area contributed by atoms with Crippen LogP contribution in [0.1, 0.15) is 39.0 Å². The summed E-state index contributed by atoms with van der Waals surface area (Å²) >= 11 is 0. The van der Waals surface area contributed by atoms with E-state index >= 15 is 0 Å². The lowest BCUT2D eigenvalue weighted by molar-refractivity contribution is -0.147. The van der Waals surface area contributed by atoms with Crippen molar-refractivity contribution < 1.29 is 14.7 Å². The van der Waals surface area contributed by atoms with Gasteiger partial charge in [-0.3, -0.25) is 9.59 Å². The molecule has 0 aliphatic carbocycles. The fourth-order valence-electron chi connectivity index (χ4n) is 2.28. The normalized spacial score (nSPS) is 21.4. The summed E-state index contributed by atoms with van der Waals surface area (Å²) in [4.78, 5) is 25.4. The summed E-state index contributed by atoms with van der Waals surface area (Å²) in [5, 5.41) is 12.4. The van der Waals surface area contributed by atoms with Gasteiger partial charge >= 0.3 is 0 Å². The molecule has 0 bridgehead atoms. The zero-order chi connectivity index (χ0) is 14.3. The third-order valence-electron chi connectivity index (χ3n) is 3.36. The van der Waals surface area contributed by atoms with E-state index in [1.165, 1.54) is 11.0 Å². The molecule has 0 aromatic rings. The maximum atomic E-state index is 12.2. The fourth-order valence-corrected chi connectivity index (χ4v) is 2.28. The minimum atomic E-state index is -1.14. The summed E-state index contributed by atoms with van der Waals surface area (Å²) < 4.78 is 0. The molecule has 108 valence electrons. The van der Waals surface area contributed by atoms with Crippen molar-refractivity contribution >= 4 is 11.8 Å². The van der Waals surface area contributed by atoms with Crippen molar-refractivity contribution in [3.8, 4) is 0 Å². The Balaban J connectivity index is 2.68. The number of likely N-dealkylation sites (N-methyl/N-ethyl adjacent to an activating group) is 1. The van der Waals surface area contributed by atoms with Crippen LogP contribution in [0.5, 0.6) is 0 Å². The molecule has 2 N–H and O–H groups in total. The van der Waals surface area contributed by atoms with Crippen LogP contribution >= 0.6 is 0 Å². The molecule has 0 saturated carbocycles. The molecule has 0 aromatic heterocycles. The average molecular weight is 268 g/mol. The van der Waals surface area contributed by atoms with E-state index in [1.54, 1.807) is 13.1 Å². The standard InChI is InChI=1S/C14H24N2O3/c1-3-4-5-9-12(17)14(19)16-10-7-6-8-11(16)13(18)15-2/h5,9,11-12,17H,3-4,6-8,10H2,1-2H3,(H,15,18). The monoisotopic (exact) mass is 268 g/mol. The van der Waals surface area contributed by atoms with Crippen LogP contribution in [-0.2, 0) is 9.59 Å². The van der Waals surface area contributed by atoms with Gasteiger partial charge in [-0.25, -0.2) is 0 Å². The highest BCUT2D eigenvalue weighted by Crippen LogP contribution is 2.18. The van der Waals surface area contributed by atoms with Crippen molar-refractivity contribution in [3.63, 3.8) is 0 Å². The fraction of sp³-hybridized carbons (Fsp3) is 0.714. The van der Waals surface area contributed by atoms with Crippen molar-refractivity contribution in [2.24, 2.45) is 0 Å². The lowest BCUT2D eigenvalue weighted by atomic mass is 10.0. The smallest absolute Gasteiger partial charge is 0.256 e. The first-order chi connectivity index (χ1) is 9.11. The van der Waals surface area contributed by atoms with Gasteiger partial charge < -0.3 is 15.3 Å². The van der Waals surface area contributed by atoms with Crippen LogP contribution in [-0.4, -0.2) is 47.6 Å². The van der Waals surface area contributed by atoms with Crippen LogP contribution in [0.4, 0.5) is 0 Å². The zero-order valence-corrected chi connectivity index (χ0v) is 11.8. The molecule has 5 heteroatoms. The summed E-state index contributed by atoms with van der Waals surface area (Å²) in [5.41, 5.74) is 0. The molecule has 1 saturated heterocycles. The van der Waals surface area contributed by atoms with Crippen molar-refractivity contribution in [2.45, 2.75) is 51.2 Å². The number of amides is 2. The van der Waals surface area contributed by atoms with Gasteiger partial charge in [0.2, 0.25) is 5.91 Å². The highest BCUT2D eigenvalue weighted by Gasteiger charge is 2.33. The van der Waals surface area contributed by atoms with Crippen LogP contribution in [0.2, 0.25) is 0 Å². The molecule has 5 nitrogen and oxygen atoms in total. The summed E-state index contributed by atoms with van der Waals surface area (Å²) in [6.45, 7) is 2.57. The predicted molar refractivity (Wildman–Crippen MR) is 73.5 cm³/mol. The maximum Gasteiger partial charge on any atom is 0.256 e. The molecule has 1 rings (SSSR count). The Morgan fingerprint density at radius 1 is 1.47 bits per heavy atom. The van der Waals surface area contributed by atoms with E-state index in [-0.39, 0.29) is 11.8 Å². The number of allylic oxidation sites excluding steroid dienone is 1. The number of hydrogen-bond acceptors (Lipinski definition) is 3. The van der Waals surface area contributed by atoms with Gasteiger partial charge in [0.25, 0.3) is 5.91 Å². The number of carbonyl (C=O) groups excluding carboxylic acids is 2. The molecule has 1 aliphatic heterocycles. The number of nitrogens with zero attached hydrogens (tertiary/aromatic N) is 1. The molecule has 1 aliphatic rings. The number of piperidine rings is 1. The van der Waals surface area contributed by atoms with E-state index < -0.39 is 12.1 Å². The van der Waals surface area contributed by atoms with Gasteiger partial charge in [-0.05, 0) is 25.7 Å². The van der Waals surface area contributed by atoms with Crippen molar-refractivity contribution in [1.82, 2.24) is 10.2 Å². The number of likely N-dealkylation sites (tertiary alicyclic amines) is 1. The van der Waals surface area contributed by atoms with Crippen LogP contribution in [0.25, 0.3) is 0 Å². The lowest BCUT2D eigenvalue weighted by Gasteiger charge is -2.35. The van der Waals surface area contributed by atoms with Gasteiger partial charge in [0.1, 0.15) is 6.04 Å². The van der Waals surface area contributed by atoms with Crippen LogP contribution in [0.3, 0.4) is 0 Å². The third kappa shape index (κ3) is 4.35. The first kappa shape index (κ1) is 15.7. The van der Waals surface area contributed by atoms with E-state index in [1.807, 2.05) is 6.92 Å². The Morgan fingerprint density at radius 3 is 2.84 bits per heavy atom. The molecule has 0 spiro atoms. The molecule has 2 unspecified atom stereocenters. The Morgan fingerprint density at radius 2 is 2.21 bits per heavy atom. The Labute approximate surface area is 114 Å². The molecule has 1 heterocycles. The van der Waals surface area contributed by atoms with Gasteiger partial charge in [0, 0.05) is 13.6 Å². The van der Waals surface area contributed by atoms with E-state index in [9.17, 15) is 14.7 Å². The molecule has 2 amide bonds. The Hall–Kier alpha value is -1.36. The first-order valence-electron chi connectivity index (χ1n) is 6.98. The highest BCUT2D eigenvalue weighted by atomic mass is 16.3. The van der Waals surface area contributed by atoms with E-state index in [0.29, 0.717) is 13.0 Å². The quantitative estimate of drug-likeness (QED) is 0.726. The van der Waals surface area contributed by atoms with E-state index in [4.69, 9.17) is 0 Å². The van der Waals surface area contributed by atoms with E-state index in [2.05, 4.69) is 5.32 Å². The number of nitrogens with one attached hydrogen (secondary N) is 1. The number of aliphatic hydroxyl groups excluding tert-OH is 1. The van der Waals surface area contributed by atoms with Crippen molar-refractivity contribution in [2.75, 3.05) is 13.6 Å². The number of rotatable bonds is 5. The van der Waals surface area contributed by atoms with Crippen molar-refractivity contribution in [1.29, 1.82) is 0 Å². The van der Waals surface area contributed by atoms with Crippen LogP contribution < -0.4 is 5.32 Å². The molecule has 2 atom stereocenters. The zero-order valence-electron chi connectivity index (χ0n) is 11.8. The molecule has 0 radical (unpaired) electrons. The Bertz CT molecular complexity index is 342. The largest absolute Gasteiger partial charge is 0.379 e. The van der Waals surface area contributed by atoms with Crippen molar-refractivity contribution in [3.05, 3.63) is 12.2 Å². The topological polar surface area (TPSA) is 69.6 Å². The van der Waals surface area contributed by atoms with Gasteiger partial charge in [-0.15, -0.1) is 0 Å². The summed E-state index contributed by atoms with van der Waals surface area (Å²) in [7, 11) is 1.57. The number of unbranched alkanes of at least 4 members (excludes halogenated alkanes) is 1. The minimum Gasteiger partial charge on any atom is -0.379 e. The summed E-state index contributed by atoms with van der Waals surface area (Å²) in [5.74, 6) is -0.529. The van der Waals surface area contributed by atoms with E-state index in [0.717, 1.165) is 25.7 Å². The van der Waals surface area contributed by atoms with Gasteiger partial charge in [0.05, 0.1) is 0 Å². The SMILES string of the molecule is CCCC=CC(O)C(=O)N1CCCCC1C(=O)NC. The lowest BCUT2D eigenvalue weighted by Crippen LogP contribution is -2.53. The molecule has 19 heavy (non-hydrogen) atoms. The van der Waals surface area contributed by atoms with Gasteiger partial charge in [-0.1, -0.05) is 25.5 Å². The maximum absolute atomic E-state index is 12.2. The second-order valence-electron chi connectivity index (χ2n) is 4.82. The predicted octanol–water partition coefficient (Wildman–Crippen LogP) is 0.831. The van der Waals surface area contributed by atoms with Crippen LogP contribution in [0, 0.1) is 0 Å². The number of aliphatic hydroxyl groups is 1. The molecule has 1 fully saturated rings. The number of carbonyl (C=O) groups is 2. The highest BCUT2D eigenvalue weighted by molar-refractivity contribution is 5.90. The molecule has 0 aromatic carbocycles. The summed E-state index contributed by atoms with van der Waals surface area (Å²) in [6, 6.07) is -0.444. The second-order valence-corrected chi connectivity index (χ2v) is 4.82. The second kappa shape index (κ2) is 7.94. The van der Waals surface area contributed by atoms with Gasteiger partial charge in [0.15, 0.2) is 6.10 Å². The number of hydrogen-bond donors (Lipinski definition) is 2.